The zero-order chi connectivity index (χ0) is 19.0. The molecule has 3 aromatic rings. The van der Waals surface area contributed by atoms with Crippen molar-refractivity contribution in [1.29, 1.82) is 0 Å². The lowest BCUT2D eigenvalue weighted by Crippen LogP contribution is -2.23. The standard InChI is InChI=1S/C23H19NO3/c1-15(23(26)27)16-10-12-18(13-11-16)24-14-21-19(17-6-3-2-4-7-17)8-5-9-20(21)22(24)25/h2-13,15H,14H2,1H3,(H,26,27). The second-order valence-corrected chi connectivity index (χ2v) is 6.74. The molecule has 4 rings (SSSR count). The smallest absolute Gasteiger partial charge is 0.310 e. The van der Waals surface area contributed by atoms with Crippen molar-refractivity contribution >= 4 is 17.6 Å². The molecule has 1 aliphatic heterocycles. The Morgan fingerprint density at radius 3 is 2.26 bits per heavy atom. The van der Waals surface area contributed by atoms with Crippen LogP contribution in [0.1, 0.15) is 34.3 Å². The summed E-state index contributed by atoms with van der Waals surface area (Å²) in [5.74, 6) is -1.46. The second-order valence-electron chi connectivity index (χ2n) is 6.74. The van der Waals surface area contributed by atoms with Gasteiger partial charge in [0.05, 0.1) is 12.5 Å². The van der Waals surface area contributed by atoms with E-state index in [-0.39, 0.29) is 5.91 Å². The van der Waals surface area contributed by atoms with E-state index in [2.05, 4.69) is 0 Å². The first kappa shape index (κ1) is 17.0. The highest BCUT2D eigenvalue weighted by Crippen LogP contribution is 2.35. The van der Waals surface area contributed by atoms with Crippen LogP contribution in [0.15, 0.2) is 72.8 Å². The number of carbonyl (C=O) groups excluding carboxylic acids is 1. The maximum absolute atomic E-state index is 12.9. The van der Waals surface area contributed by atoms with Gasteiger partial charge in [-0.1, -0.05) is 54.6 Å². The first-order chi connectivity index (χ1) is 13.1. The van der Waals surface area contributed by atoms with E-state index in [1.165, 1.54) is 0 Å². The van der Waals surface area contributed by atoms with Crippen molar-refractivity contribution < 1.29 is 14.7 Å². The van der Waals surface area contributed by atoms with Gasteiger partial charge in [-0.15, -0.1) is 0 Å². The highest BCUT2D eigenvalue weighted by molar-refractivity contribution is 6.11. The van der Waals surface area contributed by atoms with Crippen LogP contribution in [-0.2, 0) is 11.3 Å². The number of benzene rings is 3. The molecule has 1 amide bonds. The summed E-state index contributed by atoms with van der Waals surface area (Å²) in [6.07, 6.45) is 0. The highest BCUT2D eigenvalue weighted by Gasteiger charge is 2.30. The van der Waals surface area contributed by atoms with E-state index < -0.39 is 11.9 Å². The van der Waals surface area contributed by atoms with E-state index in [1.807, 2.05) is 60.7 Å². The van der Waals surface area contributed by atoms with Crippen molar-refractivity contribution in [2.45, 2.75) is 19.4 Å². The van der Waals surface area contributed by atoms with Gasteiger partial charge in [0.1, 0.15) is 0 Å². The van der Waals surface area contributed by atoms with Gasteiger partial charge in [0, 0.05) is 11.3 Å². The number of hydrogen-bond donors (Lipinski definition) is 1. The lowest BCUT2D eigenvalue weighted by atomic mass is 9.97. The zero-order valence-electron chi connectivity index (χ0n) is 14.9. The van der Waals surface area contributed by atoms with Crippen LogP contribution in [0.3, 0.4) is 0 Å². The Bertz CT molecular complexity index is 1010. The summed E-state index contributed by atoms with van der Waals surface area (Å²) in [6.45, 7) is 2.16. The van der Waals surface area contributed by atoms with Crippen LogP contribution < -0.4 is 4.90 Å². The number of nitrogens with zero attached hydrogens (tertiary/aromatic N) is 1. The van der Waals surface area contributed by atoms with E-state index >= 15 is 0 Å². The molecular formula is C23H19NO3. The number of aliphatic carboxylic acids is 1. The van der Waals surface area contributed by atoms with Gasteiger partial charge >= 0.3 is 5.97 Å². The molecule has 0 radical (unpaired) electrons. The number of hydrogen-bond acceptors (Lipinski definition) is 2. The topological polar surface area (TPSA) is 57.6 Å². The summed E-state index contributed by atoms with van der Waals surface area (Å²) in [7, 11) is 0. The normalized spacial score (nSPS) is 14.1. The lowest BCUT2D eigenvalue weighted by molar-refractivity contribution is -0.138. The Morgan fingerprint density at radius 1 is 0.926 bits per heavy atom. The SMILES string of the molecule is CC(C(=O)O)c1ccc(N2Cc3c(cccc3-c3ccccc3)C2=O)cc1. The molecule has 0 bridgehead atoms. The first-order valence-electron chi connectivity index (χ1n) is 8.88. The Morgan fingerprint density at radius 2 is 1.59 bits per heavy atom. The fourth-order valence-corrected chi connectivity index (χ4v) is 3.52. The van der Waals surface area contributed by atoms with Crippen molar-refractivity contribution in [3.63, 3.8) is 0 Å². The van der Waals surface area contributed by atoms with Crippen LogP contribution in [0.25, 0.3) is 11.1 Å². The van der Waals surface area contributed by atoms with Gasteiger partial charge in [0.2, 0.25) is 0 Å². The van der Waals surface area contributed by atoms with Crippen LogP contribution >= 0.6 is 0 Å². The number of rotatable bonds is 4. The molecule has 1 unspecified atom stereocenters. The van der Waals surface area contributed by atoms with Crippen LogP contribution in [-0.4, -0.2) is 17.0 Å². The zero-order valence-corrected chi connectivity index (χ0v) is 14.9. The van der Waals surface area contributed by atoms with Crippen molar-refractivity contribution in [1.82, 2.24) is 0 Å². The average Bonchev–Trinajstić information content (AvgIpc) is 3.05. The van der Waals surface area contributed by atoms with Crippen LogP contribution in [0, 0.1) is 0 Å². The number of carboxylic acid groups (broad SMARTS) is 1. The first-order valence-corrected chi connectivity index (χ1v) is 8.88. The van der Waals surface area contributed by atoms with Gasteiger partial charge in [0.25, 0.3) is 5.91 Å². The Balaban J connectivity index is 1.67. The molecule has 1 heterocycles. The molecule has 134 valence electrons. The minimum Gasteiger partial charge on any atom is -0.481 e. The Hall–Kier alpha value is -3.40. The van der Waals surface area contributed by atoms with Crippen molar-refractivity contribution in [2.75, 3.05) is 4.90 Å². The molecule has 1 atom stereocenters. The van der Waals surface area contributed by atoms with Crippen LogP contribution in [0.4, 0.5) is 5.69 Å². The molecule has 4 heteroatoms. The molecule has 0 aliphatic carbocycles. The summed E-state index contributed by atoms with van der Waals surface area (Å²) < 4.78 is 0. The third kappa shape index (κ3) is 2.99. The molecule has 0 saturated heterocycles. The molecule has 1 N–H and O–H groups in total. The minimum absolute atomic E-state index is 0.0261. The van der Waals surface area contributed by atoms with E-state index in [9.17, 15) is 9.59 Å². The number of carboxylic acids is 1. The van der Waals surface area contributed by atoms with Crippen molar-refractivity contribution in [2.24, 2.45) is 0 Å². The fourth-order valence-electron chi connectivity index (χ4n) is 3.52. The molecule has 1 aliphatic rings. The minimum atomic E-state index is -0.861. The third-order valence-corrected chi connectivity index (χ3v) is 5.13. The lowest BCUT2D eigenvalue weighted by Gasteiger charge is -2.17. The number of amides is 1. The predicted molar refractivity (Wildman–Crippen MR) is 105 cm³/mol. The quantitative estimate of drug-likeness (QED) is 0.736. The second kappa shape index (κ2) is 6.72. The van der Waals surface area contributed by atoms with E-state index in [0.717, 1.165) is 33.5 Å². The van der Waals surface area contributed by atoms with Crippen LogP contribution in [0.2, 0.25) is 0 Å². The summed E-state index contributed by atoms with van der Waals surface area (Å²) in [5, 5.41) is 9.15. The molecule has 0 spiro atoms. The summed E-state index contributed by atoms with van der Waals surface area (Å²) in [4.78, 5) is 25.8. The van der Waals surface area contributed by atoms with Crippen LogP contribution in [0.5, 0.6) is 0 Å². The maximum atomic E-state index is 12.9. The molecule has 0 fully saturated rings. The Labute approximate surface area is 157 Å². The average molecular weight is 357 g/mol. The van der Waals surface area contributed by atoms with Gasteiger partial charge in [-0.05, 0) is 47.4 Å². The van der Waals surface area contributed by atoms with Gasteiger partial charge in [-0.25, -0.2) is 0 Å². The largest absolute Gasteiger partial charge is 0.481 e. The molecular weight excluding hydrogens is 338 g/mol. The summed E-state index contributed by atoms with van der Waals surface area (Å²) >= 11 is 0. The van der Waals surface area contributed by atoms with Crippen molar-refractivity contribution in [3.05, 3.63) is 89.5 Å². The van der Waals surface area contributed by atoms with Gasteiger partial charge < -0.3 is 10.0 Å². The summed E-state index contributed by atoms with van der Waals surface area (Å²) in [5.41, 5.74) is 5.41. The molecule has 0 saturated carbocycles. The number of anilines is 1. The van der Waals surface area contributed by atoms with Gasteiger partial charge in [-0.3, -0.25) is 9.59 Å². The van der Waals surface area contributed by atoms with E-state index in [0.29, 0.717) is 6.54 Å². The molecule has 0 aromatic heterocycles. The number of fused-ring (bicyclic) bond motifs is 1. The predicted octanol–water partition coefficient (Wildman–Crippen LogP) is 4.70. The molecule has 4 nitrogen and oxygen atoms in total. The highest BCUT2D eigenvalue weighted by atomic mass is 16.4. The number of carbonyl (C=O) groups is 2. The third-order valence-electron chi connectivity index (χ3n) is 5.13. The van der Waals surface area contributed by atoms with Crippen molar-refractivity contribution in [3.8, 4) is 11.1 Å². The van der Waals surface area contributed by atoms with Gasteiger partial charge in [-0.2, -0.15) is 0 Å². The summed E-state index contributed by atoms with van der Waals surface area (Å²) in [6, 6.07) is 23.1. The molecule has 3 aromatic carbocycles. The Kier molecular flexibility index (Phi) is 4.24. The molecule has 27 heavy (non-hydrogen) atoms. The monoisotopic (exact) mass is 357 g/mol. The van der Waals surface area contributed by atoms with E-state index in [1.54, 1.807) is 24.0 Å². The fraction of sp³-hybridized carbons (Fsp3) is 0.130. The maximum Gasteiger partial charge on any atom is 0.310 e. The van der Waals surface area contributed by atoms with E-state index in [4.69, 9.17) is 5.11 Å². The van der Waals surface area contributed by atoms with Gasteiger partial charge in [0.15, 0.2) is 0 Å².